The highest BCUT2D eigenvalue weighted by Gasteiger charge is 2.10. The van der Waals surface area contributed by atoms with Crippen LogP contribution in [0.15, 0.2) is 71.3 Å². The molecule has 1 N–H and O–H groups in total. The molecule has 0 saturated carbocycles. The molecule has 34 heavy (non-hydrogen) atoms. The summed E-state index contributed by atoms with van der Waals surface area (Å²) in [6.07, 6.45) is 12.8. The van der Waals surface area contributed by atoms with Crippen LogP contribution < -0.4 is 5.32 Å². The van der Waals surface area contributed by atoms with Gasteiger partial charge in [0.15, 0.2) is 5.82 Å². The van der Waals surface area contributed by atoms with Crippen LogP contribution in [0, 0.1) is 0 Å². The number of anilines is 1. The van der Waals surface area contributed by atoms with Gasteiger partial charge in [-0.2, -0.15) is 4.98 Å². The highest BCUT2D eigenvalue weighted by Crippen LogP contribution is 2.24. The van der Waals surface area contributed by atoms with Gasteiger partial charge >= 0.3 is 0 Å². The van der Waals surface area contributed by atoms with E-state index in [1.807, 2.05) is 6.07 Å². The van der Waals surface area contributed by atoms with E-state index < -0.39 is 0 Å². The summed E-state index contributed by atoms with van der Waals surface area (Å²) in [5, 5.41) is 10.3. The Kier molecular flexibility index (Phi) is 9.13. The molecule has 0 unspecified atom stereocenters. The largest absolute Gasteiger partial charge is 0.380 e. The summed E-state index contributed by atoms with van der Waals surface area (Å²) in [6.45, 7) is 3.01. The monoisotopic (exact) mass is 455 g/mol. The van der Waals surface area contributed by atoms with Gasteiger partial charge in [-0.25, -0.2) is 0 Å². The molecule has 0 fully saturated rings. The van der Waals surface area contributed by atoms with Crippen LogP contribution in [0.25, 0.3) is 22.2 Å². The minimum absolute atomic E-state index is 0.609. The average Bonchev–Trinajstić information content (AvgIpc) is 3.36. The Labute approximate surface area is 203 Å². The predicted octanol–water partition coefficient (Wildman–Crippen LogP) is 8.58. The van der Waals surface area contributed by atoms with E-state index in [4.69, 9.17) is 4.52 Å². The molecule has 0 radical (unpaired) electrons. The molecule has 4 aromatic rings. The molecule has 1 heterocycles. The van der Waals surface area contributed by atoms with Gasteiger partial charge in [-0.3, -0.25) is 0 Å². The molecule has 4 rings (SSSR count). The summed E-state index contributed by atoms with van der Waals surface area (Å²) in [4.78, 5) is 4.65. The number of nitrogens with one attached hydrogen (secondary N) is 1. The van der Waals surface area contributed by atoms with E-state index in [0.29, 0.717) is 5.89 Å². The smallest absolute Gasteiger partial charge is 0.257 e. The lowest BCUT2D eigenvalue weighted by Gasteiger charge is -2.10. The van der Waals surface area contributed by atoms with Crippen molar-refractivity contribution in [2.24, 2.45) is 0 Å². The number of hydrogen-bond acceptors (Lipinski definition) is 4. The second kappa shape index (κ2) is 12.9. The van der Waals surface area contributed by atoms with Crippen LogP contribution in [0.1, 0.15) is 76.1 Å². The normalized spacial score (nSPS) is 11.2. The van der Waals surface area contributed by atoms with Gasteiger partial charge in [0.05, 0.1) is 0 Å². The Morgan fingerprint density at radius 2 is 1.50 bits per heavy atom. The first-order valence-electron chi connectivity index (χ1n) is 13.0. The third-order valence-corrected chi connectivity index (χ3v) is 6.42. The topological polar surface area (TPSA) is 51.0 Å². The first-order valence-corrected chi connectivity index (χ1v) is 13.0. The van der Waals surface area contributed by atoms with E-state index in [0.717, 1.165) is 36.5 Å². The summed E-state index contributed by atoms with van der Waals surface area (Å²) < 4.78 is 5.58. The number of aromatic nitrogens is 2. The van der Waals surface area contributed by atoms with Crippen LogP contribution in [0.2, 0.25) is 0 Å². The second-order valence-corrected chi connectivity index (χ2v) is 9.17. The van der Waals surface area contributed by atoms with Crippen molar-refractivity contribution in [2.75, 3.05) is 5.32 Å². The molecular formula is C30H37N3O. The van der Waals surface area contributed by atoms with Gasteiger partial charge in [0.25, 0.3) is 5.89 Å². The maximum atomic E-state index is 5.58. The van der Waals surface area contributed by atoms with Crippen molar-refractivity contribution in [1.82, 2.24) is 10.1 Å². The lowest BCUT2D eigenvalue weighted by Crippen LogP contribution is -2.00. The predicted molar refractivity (Wildman–Crippen MR) is 142 cm³/mol. The van der Waals surface area contributed by atoms with Crippen molar-refractivity contribution in [2.45, 2.75) is 77.7 Å². The molecule has 1 aromatic heterocycles. The van der Waals surface area contributed by atoms with Gasteiger partial charge < -0.3 is 9.84 Å². The van der Waals surface area contributed by atoms with Gasteiger partial charge in [-0.1, -0.05) is 112 Å². The zero-order chi connectivity index (χ0) is 23.4. The molecular weight excluding hydrogens is 418 g/mol. The van der Waals surface area contributed by atoms with Crippen LogP contribution in [0.3, 0.4) is 0 Å². The van der Waals surface area contributed by atoms with Crippen LogP contribution >= 0.6 is 0 Å². The molecule has 0 aliphatic heterocycles. The van der Waals surface area contributed by atoms with Gasteiger partial charge in [0.1, 0.15) is 0 Å². The first-order chi connectivity index (χ1) is 16.8. The molecule has 0 saturated heterocycles. The van der Waals surface area contributed by atoms with E-state index in [-0.39, 0.29) is 0 Å². The van der Waals surface area contributed by atoms with Crippen LogP contribution in [0.4, 0.5) is 5.69 Å². The number of unbranched alkanes of at least 4 members (excludes halogenated alkanes) is 8. The minimum Gasteiger partial charge on any atom is -0.380 e. The van der Waals surface area contributed by atoms with E-state index in [9.17, 15) is 0 Å². The lowest BCUT2D eigenvalue weighted by molar-refractivity contribution is 0.421. The molecule has 4 heteroatoms. The number of rotatable bonds is 14. The van der Waals surface area contributed by atoms with E-state index >= 15 is 0 Å². The molecule has 0 atom stereocenters. The van der Waals surface area contributed by atoms with E-state index in [1.165, 1.54) is 67.7 Å². The fraction of sp³-hybridized carbons (Fsp3) is 0.400. The zero-order valence-electron chi connectivity index (χ0n) is 20.4. The Bertz CT molecular complexity index is 1150. The van der Waals surface area contributed by atoms with Gasteiger partial charge in [-0.05, 0) is 35.6 Å². The van der Waals surface area contributed by atoms with Gasteiger partial charge in [-0.15, -0.1) is 0 Å². The van der Waals surface area contributed by atoms with Crippen LogP contribution in [0.5, 0.6) is 0 Å². The lowest BCUT2D eigenvalue weighted by atomic mass is 10.1. The molecule has 0 bridgehead atoms. The second-order valence-electron chi connectivity index (χ2n) is 9.17. The summed E-state index contributed by atoms with van der Waals surface area (Å²) >= 11 is 0. The third-order valence-electron chi connectivity index (χ3n) is 6.42. The molecule has 0 amide bonds. The molecule has 178 valence electrons. The quantitative estimate of drug-likeness (QED) is 0.193. The maximum Gasteiger partial charge on any atom is 0.257 e. The number of aryl methyl sites for hydroxylation is 1. The van der Waals surface area contributed by atoms with E-state index in [1.54, 1.807) is 0 Å². The molecule has 3 aromatic carbocycles. The molecule has 0 spiro atoms. The summed E-state index contributed by atoms with van der Waals surface area (Å²) in [5.41, 5.74) is 3.30. The average molecular weight is 456 g/mol. The SMILES string of the molecule is CCCCCCCCCCCc1noc(-c2cccc(CNc3cccc4ccccc34)c2)n1. The Morgan fingerprint density at radius 1 is 0.765 bits per heavy atom. The summed E-state index contributed by atoms with van der Waals surface area (Å²) in [6, 6.07) is 23.2. The van der Waals surface area contributed by atoms with Crippen LogP contribution in [-0.2, 0) is 13.0 Å². The number of benzene rings is 3. The van der Waals surface area contributed by atoms with Crippen molar-refractivity contribution in [3.8, 4) is 11.5 Å². The minimum atomic E-state index is 0.609. The third kappa shape index (κ3) is 6.93. The highest BCUT2D eigenvalue weighted by molar-refractivity contribution is 5.93. The fourth-order valence-electron chi connectivity index (χ4n) is 4.46. The first kappa shape index (κ1) is 24.0. The molecule has 0 aliphatic rings. The van der Waals surface area contributed by atoms with Crippen molar-refractivity contribution >= 4 is 16.5 Å². The Hall–Kier alpha value is -3.14. The zero-order valence-corrected chi connectivity index (χ0v) is 20.4. The van der Waals surface area contributed by atoms with Gasteiger partial charge in [0.2, 0.25) is 0 Å². The number of fused-ring (bicyclic) bond motifs is 1. The highest BCUT2D eigenvalue weighted by atomic mass is 16.5. The van der Waals surface area contributed by atoms with E-state index in [2.05, 4.69) is 83.0 Å². The number of hydrogen-bond donors (Lipinski definition) is 1. The molecule has 4 nitrogen and oxygen atoms in total. The van der Waals surface area contributed by atoms with Crippen LogP contribution in [-0.4, -0.2) is 10.1 Å². The number of nitrogens with zero attached hydrogens (tertiary/aromatic N) is 2. The van der Waals surface area contributed by atoms with Crippen molar-refractivity contribution in [3.05, 3.63) is 78.1 Å². The molecule has 0 aliphatic carbocycles. The van der Waals surface area contributed by atoms with Crippen molar-refractivity contribution in [1.29, 1.82) is 0 Å². The van der Waals surface area contributed by atoms with Crippen molar-refractivity contribution < 1.29 is 4.52 Å². The standard InChI is InChI=1S/C30H37N3O/c1-2-3-4-5-6-7-8-9-10-21-29-32-30(34-33-29)26-18-13-15-24(22-26)23-31-28-20-14-17-25-16-11-12-19-27(25)28/h11-20,22,31H,2-10,21,23H2,1H3. The maximum absolute atomic E-state index is 5.58. The summed E-state index contributed by atoms with van der Waals surface area (Å²) in [5.74, 6) is 1.43. The fourth-order valence-corrected chi connectivity index (χ4v) is 4.46. The van der Waals surface area contributed by atoms with Crippen molar-refractivity contribution in [3.63, 3.8) is 0 Å². The Morgan fingerprint density at radius 3 is 2.35 bits per heavy atom. The Balaban J connectivity index is 1.25. The van der Waals surface area contributed by atoms with Gasteiger partial charge in [0, 0.05) is 29.6 Å². The summed E-state index contributed by atoms with van der Waals surface area (Å²) in [7, 11) is 0.